The van der Waals surface area contributed by atoms with Gasteiger partial charge in [0.25, 0.3) is 0 Å². The Hall–Kier alpha value is -0.0800. The molecule has 3 atom stereocenters. The number of likely N-dealkylation sites (tertiary alicyclic amines) is 1. The van der Waals surface area contributed by atoms with Gasteiger partial charge in [-0.25, -0.2) is 0 Å². The van der Waals surface area contributed by atoms with Gasteiger partial charge in [0.05, 0.1) is 13.2 Å². The first kappa shape index (κ1) is 8.52. The Balaban J connectivity index is 1.90. The van der Waals surface area contributed by atoms with Crippen molar-refractivity contribution < 1.29 is 4.74 Å². The summed E-state index contributed by atoms with van der Waals surface area (Å²) in [7, 11) is 0. The highest BCUT2D eigenvalue weighted by Gasteiger charge is 2.38. The van der Waals surface area contributed by atoms with Gasteiger partial charge < -0.3 is 4.74 Å². The molecule has 0 bridgehead atoms. The minimum Gasteiger partial charge on any atom is -0.381 e. The number of ether oxygens (including phenoxy) is 1. The number of hydrogen-bond donors (Lipinski definition) is 0. The first-order valence-corrected chi connectivity index (χ1v) is 5.13. The van der Waals surface area contributed by atoms with Gasteiger partial charge in [0.2, 0.25) is 0 Å². The molecule has 2 rings (SSSR count). The van der Waals surface area contributed by atoms with Crippen molar-refractivity contribution in [3.05, 3.63) is 0 Å². The van der Waals surface area contributed by atoms with Crippen molar-refractivity contribution in [2.75, 3.05) is 26.3 Å². The molecule has 0 aliphatic carbocycles. The highest BCUT2D eigenvalue weighted by atomic mass is 16.5. The van der Waals surface area contributed by atoms with Crippen LogP contribution in [0.5, 0.6) is 0 Å². The lowest BCUT2D eigenvalue weighted by molar-refractivity contribution is 0.141. The molecule has 0 N–H and O–H groups in total. The summed E-state index contributed by atoms with van der Waals surface area (Å²) < 4.78 is 5.45. The number of hydrogen-bond acceptors (Lipinski definition) is 2. The van der Waals surface area contributed by atoms with Gasteiger partial charge in [-0.05, 0) is 13.3 Å². The molecular weight excluding hydrogens is 150 g/mol. The van der Waals surface area contributed by atoms with Crippen LogP contribution in [0.25, 0.3) is 0 Å². The van der Waals surface area contributed by atoms with Gasteiger partial charge in [-0.2, -0.15) is 0 Å². The largest absolute Gasteiger partial charge is 0.381 e. The molecule has 2 heteroatoms. The Labute approximate surface area is 74.9 Å². The number of nitrogens with zero attached hydrogens (tertiary/aromatic N) is 1. The monoisotopic (exact) mass is 169 g/mol. The zero-order chi connectivity index (χ0) is 8.55. The Kier molecular flexibility index (Phi) is 2.37. The summed E-state index contributed by atoms with van der Waals surface area (Å²) in [6.07, 6.45) is 1.28. The van der Waals surface area contributed by atoms with E-state index in [4.69, 9.17) is 4.74 Å². The van der Waals surface area contributed by atoms with Crippen molar-refractivity contribution in [1.29, 1.82) is 0 Å². The summed E-state index contributed by atoms with van der Waals surface area (Å²) in [4.78, 5) is 2.62. The fourth-order valence-corrected chi connectivity index (χ4v) is 2.34. The van der Waals surface area contributed by atoms with Crippen molar-refractivity contribution in [3.63, 3.8) is 0 Å². The summed E-state index contributed by atoms with van der Waals surface area (Å²) in [5.41, 5.74) is 0. The fraction of sp³-hybridized carbons (Fsp3) is 1.00. The standard InChI is InChI=1S/C10H19NO/c1-3-8(2)11-4-9-6-12-7-10(9)5-11/h8-10H,3-7H2,1-2H3. The van der Waals surface area contributed by atoms with Crippen molar-refractivity contribution >= 4 is 0 Å². The van der Waals surface area contributed by atoms with Crippen LogP contribution in [0.15, 0.2) is 0 Å². The topological polar surface area (TPSA) is 12.5 Å². The van der Waals surface area contributed by atoms with Gasteiger partial charge in [0.1, 0.15) is 0 Å². The average Bonchev–Trinajstić information content (AvgIpc) is 2.60. The summed E-state index contributed by atoms with van der Waals surface area (Å²) in [6.45, 7) is 9.19. The van der Waals surface area contributed by atoms with Crippen LogP contribution in [0.4, 0.5) is 0 Å². The molecule has 2 nitrogen and oxygen atoms in total. The third-order valence-electron chi connectivity index (χ3n) is 3.48. The molecule has 2 aliphatic rings. The average molecular weight is 169 g/mol. The zero-order valence-corrected chi connectivity index (χ0v) is 8.12. The Morgan fingerprint density at radius 2 is 1.92 bits per heavy atom. The fourth-order valence-electron chi connectivity index (χ4n) is 2.34. The Morgan fingerprint density at radius 3 is 2.42 bits per heavy atom. The summed E-state index contributed by atoms with van der Waals surface area (Å²) >= 11 is 0. The van der Waals surface area contributed by atoms with E-state index in [1.165, 1.54) is 19.5 Å². The van der Waals surface area contributed by atoms with Gasteiger partial charge in [0, 0.05) is 31.0 Å². The molecule has 0 aromatic rings. The maximum absolute atomic E-state index is 5.45. The second kappa shape index (κ2) is 3.35. The van der Waals surface area contributed by atoms with E-state index in [2.05, 4.69) is 18.7 Å². The maximum atomic E-state index is 5.45. The van der Waals surface area contributed by atoms with Gasteiger partial charge in [-0.1, -0.05) is 6.92 Å². The quantitative estimate of drug-likeness (QED) is 0.619. The van der Waals surface area contributed by atoms with E-state index in [1.54, 1.807) is 0 Å². The van der Waals surface area contributed by atoms with Crippen LogP contribution in [-0.2, 0) is 4.74 Å². The normalized spacial score (nSPS) is 38.5. The van der Waals surface area contributed by atoms with Crippen LogP contribution in [0.3, 0.4) is 0 Å². The predicted molar refractivity (Wildman–Crippen MR) is 49.1 cm³/mol. The molecule has 2 fully saturated rings. The molecular formula is C10H19NO. The smallest absolute Gasteiger partial charge is 0.0510 e. The van der Waals surface area contributed by atoms with E-state index >= 15 is 0 Å². The molecule has 70 valence electrons. The van der Waals surface area contributed by atoms with E-state index < -0.39 is 0 Å². The maximum Gasteiger partial charge on any atom is 0.0510 e. The molecule has 0 aromatic carbocycles. The van der Waals surface area contributed by atoms with Crippen LogP contribution in [0, 0.1) is 11.8 Å². The molecule has 0 spiro atoms. The van der Waals surface area contributed by atoms with Crippen LogP contribution in [0.2, 0.25) is 0 Å². The van der Waals surface area contributed by atoms with Gasteiger partial charge in [-0.15, -0.1) is 0 Å². The first-order valence-electron chi connectivity index (χ1n) is 5.13. The first-order chi connectivity index (χ1) is 5.81. The Bertz CT molecular complexity index is 148. The molecule has 2 saturated heterocycles. The molecule has 0 saturated carbocycles. The molecule has 0 radical (unpaired) electrons. The second-order valence-corrected chi connectivity index (χ2v) is 4.27. The minimum absolute atomic E-state index is 0.774. The third kappa shape index (κ3) is 1.38. The van der Waals surface area contributed by atoms with Crippen LogP contribution in [0.1, 0.15) is 20.3 Å². The second-order valence-electron chi connectivity index (χ2n) is 4.27. The van der Waals surface area contributed by atoms with Crippen LogP contribution >= 0.6 is 0 Å². The van der Waals surface area contributed by atoms with Crippen molar-refractivity contribution in [2.24, 2.45) is 11.8 Å². The van der Waals surface area contributed by atoms with Gasteiger partial charge in [-0.3, -0.25) is 4.90 Å². The number of rotatable bonds is 2. The summed E-state index contributed by atoms with van der Waals surface area (Å²) in [6, 6.07) is 0.774. The molecule has 2 aliphatic heterocycles. The van der Waals surface area contributed by atoms with Crippen molar-refractivity contribution in [1.82, 2.24) is 4.90 Å². The lowest BCUT2D eigenvalue weighted by atomic mass is 10.0. The summed E-state index contributed by atoms with van der Waals surface area (Å²) in [5, 5.41) is 0. The lowest BCUT2D eigenvalue weighted by Crippen LogP contribution is -2.31. The molecule has 3 unspecified atom stereocenters. The van der Waals surface area contributed by atoms with Gasteiger partial charge >= 0.3 is 0 Å². The van der Waals surface area contributed by atoms with E-state index in [-0.39, 0.29) is 0 Å². The third-order valence-corrected chi connectivity index (χ3v) is 3.48. The molecule has 2 heterocycles. The molecule has 12 heavy (non-hydrogen) atoms. The predicted octanol–water partition coefficient (Wildman–Crippen LogP) is 1.36. The van der Waals surface area contributed by atoms with E-state index in [9.17, 15) is 0 Å². The van der Waals surface area contributed by atoms with Gasteiger partial charge in [0.15, 0.2) is 0 Å². The van der Waals surface area contributed by atoms with Crippen LogP contribution in [-0.4, -0.2) is 37.2 Å². The van der Waals surface area contributed by atoms with Crippen molar-refractivity contribution in [2.45, 2.75) is 26.3 Å². The van der Waals surface area contributed by atoms with E-state index in [0.29, 0.717) is 0 Å². The SMILES string of the molecule is CCC(C)N1CC2COCC2C1. The van der Waals surface area contributed by atoms with Crippen molar-refractivity contribution in [3.8, 4) is 0 Å². The zero-order valence-electron chi connectivity index (χ0n) is 8.12. The van der Waals surface area contributed by atoms with Crippen LogP contribution < -0.4 is 0 Å². The molecule has 0 aromatic heterocycles. The number of fused-ring (bicyclic) bond motifs is 1. The van der Waals surface area contributed by atoms with E-state index in [0.717, 1.165) is 31.1 Å². The minimum atomic E-state index is 0.774. The lowest BCUT2D eigenvalue weighted by Gasteiger charge is -2.23. The molecule has 0 amide bonds. The highest BCUT2D eigenvalue weighted by molar-refractivity contribution is 4.88. The highest BCUT2D eigenvalue weighted by Crippen LogP contribution is 2.30. The summed E-state index contributed by atoms with van der Waals surface area (Å²) in [5.74, 6) is 1.69. The Morgan fingerprint density at radius 1 is 1.33 bits per heavy atom. The van der Waals surface area contributed by atoms with E-state index in [1.807, 2.05) is 0 Å².